The van der Waals surface area contributed by atoms with Crippen molar-refractivity contribution in [2.45, 2.75) is 51.7 Å². The summed E-state index contributed by atoms with van der Waals surface area (Å²) in [4.78, 5) is 27.9. The van der Waals surface area contributed by atoms with Gasteiger partial charge in [-0.15, -0.1) is 0 Å². The van der Waals surface area contributed by atoms with E-state index in [1.807, 2.05) is 0 Å². The Balaban J connectivity index is 1.36. The van der Waals surface area contributed by atoms with E-state index in [9.17, 15) is 22.8 Å². The first-order chi connectivity index (χ1) is 14.2. The quantitative estimate of drug-likeness (QED) is 0.660. The molecule has 5 nitrogen and oxygen atoms in total. The first-order valence-corrected chi connectivity index (χ1v) is 10.4. The van der Waals surface area contributed by atoms with Gasteiger partial charge in [0, 0.05) is 24.8 Å². The maximum absolute atomic E-state index is 12.6. The number of halogens is 3. The van der Waals surface area contributed by atoms with Crippen molar-refractivity contribution in [3.8, 4) is 0 Å². The van der Waals surface area contributed by atoms with Gasteiger partial charge in [-0.1, -0.05) is 12.1 Å². The number of nitrogens with zero attached hydrogens (tertiary/aromatic N) is 2. The van der Waals surface area contributed by atoms with E-state index in [0.29, 0.717) is 18.0 Å². The summed E-state index contributed by atoms with van der Waals surface area (Å²) < 4.78 is 39.5. The number of nitrogens with one attached hydrogen (secondary N) is 1. The van der Waals surface area contributed by atoms with Gasteiger partial charge in [-0.25, -0.2) is 4.79 Å². The Hall–Kier alpha value is -2.35. The van der Waals surface area contributed by atoms with Gasteiger partial charge >= 0.3 is 11.9 Å². The van der Waals surface area contributed by atoms with Crippen LogP contribution in [0.5, 0.6) is 0 Å². The first kappa shape index (κ1) is 22.3. The zero-order valence-electron chi connectivity index (χ0n) is 17.2. The molecule has 1 N–H and O–H groups in total. The number of likely N-dealkylation sites (tertiary alicyclic amines) is 1. The number of unbranched alkanes of at least 4 members (excludes halogenated alkanes) is 1. The molecule has 3 rings (SSSR count). The number of alkyl halides is 3. The van der Waals surface area contributed by atoms with Crippen LogP contribution in [0.3, 0.4) is 0 Å². The summed E-state index contributed by atoms with van der Waals surface area (Å²) in [5.41, 5.74) is 0.177. The van der Waals surface area contributed by atoms with Gasteiger partial charge in [0.1, 0.15) is 0 Å². The Kier molecular flexibility index (Phi) is 7.18. The van der Waals surface area contributed by atoms with E-state index in [4.69, 9.17) is 0 Å². The number of H-pyrrole nitrogens is 1. The summed E-state index contributed by atoms with van der Waals surface area (Å²) in [6.45, 7) is 5.28. The molecule has 1 aromatic carbocycles. The Labute approximate surface area is 173 Å². The van der Waals surface area contributed by atoms with Crippen molar-refractivity contribution in [3.05, 3.63) is 68.0 Å². The second-order valence-corrected chi connectivity index (χ2v) is 8.16. The molecular weight excluding hydrogens is 395 g/mol. The van der Waals surface area contributed by atoms with Crippen LogP contribution in [0.1, 0.15) is 42.4 Å². The van der Waals surface area contributed by atoms with E-state index < -0.39 is 11.7 Å². The molecule has 1 aliphatic rings. The van der Waals surface area contributed by atoms with E-state index >= 15 is 0 Å². The predicted octanol–water partition coefficient (Wildman–Crippen LogP) is 3.60. The fourth-order valence-electron chi connectivity index (χ4n) is 3.98. The van der Waals surface area contributed by atoms with Crippen molar-refractivity contribution < 1.29 is 13.2 Å². The molecule has 2 aromatic rings. The van der Waals surface area contributed by atoms with E-state index in [0.717, 1.165) is 69.4 Å². The number of hydrogen-bond acceptors (Lipinski definition) is 3. The zero-order chi connectivity index (χ0) is 21.7. The average molecular weight is 423 g/mol. The zero-order valence-corrected chi connectivity index (χ0v) is 17.2. The standard InChI is InChI=1S/C22H28F3N3O2/c1-16-14-28(21(30)26-20(16)29)12-3-2-11-27-13-10-18(15-27)5-4-17-6-8-19(9-7-17)22(23,24)25/h6-9,14,18H,2-5,10-13,15H2,1H3,(H,26,29,30)/t18-/m1/s1. The van der Waals surface area contributed by atoms with Crippen LogP contribution in [0.25, 0.3) is 0 Å². The van der Waals surface area contributed by atoms with Crippen LogP contribution in [0, 0.1) is 12.8 Å². The molecule has 1 aliphatic heterocycles. The fourth-order valence-corrected chi connectivity index (χ4v) is 3.98. The summed E-state index contributed by atoms with van der Waals surface area (Å²) in [5, 5.41) is 0. The molecule has 30 heavy (non-hydrogen) atoms. The van der Waals surface area contributed by atoms with Gasteiger partial charge in [-0.3, -0.25) is 9.78 Å². The smallest absolute Gasteiger partial charge is 0.303 e. The lowest BCUT2D eigenvalue weighted by molar-refractivity contribution is -0.137. The van der Waals surface area contributed by atoms with Crippen LogP contribution in [0.4, 0.5) is 13.2 Å². The summed E-state index contributed by atoms with van der Waals surface area (Å²) in [6.07, 6.45) is 2.04. The van der Waals surface area contributed by atoms with E-state index in [2.05, 4.69) is 9.88 Å². The molecule has 1 saturated heterocycles. The Morgan fingerprint density at radius 3 is 2.50 bits per heavy atom. The minimum absolute atomic E-state index is 0.337. The minimum Gasteiger partial charge on any atom is -0.303 e. The molecular formula is C22H28F3N3O2. The number of benzene rings is 1. The highest BCUT2D eigenvalue weighted by atomic mass is 19.4. The molecule has 0 saturated carbocycles. The van der Waals surface area contributed by atoms with Crippen LogP contribution in [-0.4, -0.2) is 34.1 Å². The summed E-state index contributed by atoms with van der Waals surface area (Å²) in [6, 6.07) is 5.48. The number of aryl methyl sites for hydroxylation is 3. The van der Waals surface area contributed by atoms with E-state index in [1.54, 1.807) is 29.8 Å². The molecule has 0 spiro atoms. The molecule has 0 aliphatic carbocycles. The van der Waals surface area contributed by atoms with Crippen molar-refractivity contribution in [2.75, 3.05) is 19.6 Å². The lowest BCUT2D eigenvalue weighted by Crippen LogP contribution is -2.31. The average Bonchev–Trinajstić information content (AvgIpc) is 3.15. The lowest BCUT2D eigenvalue weighted by atomic mass is 9.98. The van der Waals surface area contributed by atoms with E-state index in [-0.39, 0.29) is 11.2 Å². The third-order valence-corrected chi connectivity index (χ3v) is 5.80. The monoisotopic (exact) mass is 423 g/mol. The van der Waals surface area contributed by atoms with Crippen LogP contribution >= 0.6 is 0 Å². The largest absolute Gasteiger partial charge is 0.416 e. The number of aromatic nitrogens is 2. The second-order valence-electron chi connectivity index (χ2n) is 8.16. The molecule has 1 atom stereocenters. The van der Waals surface area contributed by atoms with Crippen LogP contribution in [0.15, 0.2) is 40.1 Å². The normalized spacial score (nSPS) is 17.5. The van der Waals surface area contributed by atoms with Crippen molar-refractivity contribution in [3.63, 3.8) is 0 Å². The van der Waals surface area contributed by atoms with Gasteiger partial charge in [-0.2, -0.15) is 13.2 Å². The molecule has 0 radical (unpaired) electrons. The Morgan fingerprint density at radius 2 is 1.80 bits per heavy atom. The van der Waals surface area contributed by atoms with Gasteiger partial charge in [0.05, 0.1) is 5.56 Å². The highest BCUT2D eigenvalue weighted by molar-refractivity contribution is 5.24. The fraction of sp³-hybridized carbons (Fsp3) is 0.545. The summed E-state index contributed by atoms with van der Waals surface area (Å²) in [7, 11) is 0. The summed E-state index contributed by atoms with van der Waals surface area (Å²) >= 11 is 0. The van der Waals surface area contributed by atoms with Crippen molar-refractivity contribution >= 4 is 0 Å². The molecule has 0 bridgehead atoms. The molecule has 164 valence electrons. The topological polar surface area (TPSA) is 58.1 Å². The van der Waals surface area contributed by atoms with E-state index in [1.165, 1.54) is 0 Å². The molecule has 8 heteroatoms. The third kappa shape index (κ3) is 6.08. The highest BCUT2D eigenvalue weighted by Crippen LogP contribution is 2.29. The molecule has 0 amide bonds. The Bertz CT molecular complexity index is 948. The molecule has 1 fully saturated rings. The van der Waals surface area contributed by atoms with Gasteiger partial charge in [0.2, 0.25) is 0 Å². The number of aromatic amines is 1. The third-order valence-electron chi connectivity index (χ3n) is 5.80. The van der Waals surface area contributed by atoms with Crippen molar-refractivity contribution in [1.82, 2.24) is 14.5 Å². The second kappa shape index (κ2) is 9.64. The Morgan fingerprint density at radius 1 is 1.10 bits per heavy atom. The van der Waals surface area contributed by atoms with Gasteiger partial charge < -0.3 is 9.47 Å². The SMILES string of the molecule is Cc1cn(CCCCN2CC[C@@H](CCc3ccc(C(F)(F)F)cc3)C2)c(=O)[nH]c1=O. The van der Waals surface area contributed by atoms with Crippen LogP contribution < -0.4 is 11.2 Å². The van der Waals surface area contributed by atoms with Gasteiger partial charge in [0.15, 0.2) is 0 Å². The lowest BCUT2D eigenvalue weighted by Gasteiger charge is -2.16. The minimum atomic E-state index is -4.28. The number of hydrogen-bond donors (Lipinski definition) is 1. The molecule has 1 aromatic heterocycles. The molecule has 0 unspecified atom stereocenters. The van der Waals surface area contributed by atoms with Crippen LogP contribution in [0.2, 0.25) is 0 Å². The molecule has 2 heterocycles. The predicted molar refractivity (Wildman–Crippen MR) is 110 cm³/mol. The number of rotatable bonds is 8. The van der Waals surface area contributed by atoms with Crippen molar-refractivity contribution in [2.24, 2.45) is 5.92 Å². The maximum atomic E-state index is 12.6. The van der Waals surface area contributed by atoms with Gasteiger partial charge in [-0.05, 0) is 75.7 Å². The summed E-state index contributed by atoms with van der Waals surface area (Å²) in [5.74, 6) is 0.566. The van der Waals surface area contributed by atoms with Crippen LogP contribution in [-0.2, 0) is 19.1 Å². The van der Waals surface area contributed by atoms with Crippen molar-refractivity contribution in [1.29, 1.82) is 0 Å². The van der Waals surface area contributed by atoms with Gasteiger partial charge in [0.25, 0.3) is 5.56 Å². The maximum Gasteiger partial charge on any atom is 0.416 e. The highest BCUT2D eigenvalue weighted by Gasteiger charge is 2.30. The first-order valence-electron chi connectivity index (χ1n) is 10.4.